The fourth-order valence-corrected chi connectivity index (χ4v) is 2.61. The molecule has 1 saturated heterocycles. The van der Waals surface area contributed by atoms with Crippen LogP contribution in [-0.2, 0) is 11.2 Å². The second-order valence-corrected chi connectivity index (χ2v) is 5.69. The molecule has 20 heavy (non-hydrogen) atoms. The van der Waals surface area contributed by atoms with E-state index >= 15 is 0 Å². The maximum atomic E-state index is 12.1. The summed E-state index contributed by atoms with van der Waals surface area (Å²) in [7, 11) is 0. The molecular formula is C16H26N2O2. The molecule has 2 rings (SSSR count). The van der Waals surface area contributed by atoms with E-state index in [1.165, 1.54) is 12.8 Å². The number of carbonyl (C=O) groups is 1. The van der Waals surface area contributed by atoms with Gasteiger partial charge in [-0.3, -0.25) is 4.79 Å². The van der Waals surface area contributed by atoms with Crippen molar-refractivity contribution in [3.63, 3.8) is 0 Å². The molecule has 1 aromatic rings. The van der Waals surface area contributed by atoms with Crippen LogP contribution in [0.1, 0.15) is 44.8 Å². The first-order valence-corrected chi connectivity index (χ1v) is 7.79. The van der Waals surface area contributed by atoms with Crippen LogP contribution in [0.5, 0.6) is 0 Å². The predicted octanol–water partition coefficient (Wildman–Crippen LogP) is 2.59. The van der Waals surface area contributed by atoms with Crippen molar-refractivity contribution >= 4 is 5.91 Å². The summed E-state index contributed by atoms with van der Waals surface area (Å²) in [5.74, 6) is 1.26. The second-order valence-electron chi connectivity index (χ2n) is 5.69. The Bertz CT molecular complexity index is 381. The van der Waals surface area contributed by atoms with Crippen LogP contribution in [0.4, 0.5) is 0 Å². The highest BCUT2D eigenvalue weighted by Gasteiger charge is 2.15. The molecule has 4 heteroatoms. The largest absolute Gasteiger partial charge is 0.469 e. The first-order chi connectivity index (χ1) is 9.75. The minimum absolute atomic E-state index is 0.247. The molecule has 0 spiro atoms. The van der Waals surface area contributed by atoms with Gasteiger partial charge in [0.25, 0.3) is 0 Å². The summed E-state index contributed by atoms with van der Waals surface area (Å²) in [6, 6.07) is 4.24. The van der Waals surface area contributed by atoms with Crippen LogP contribution < -0.4 is 5.32 Å². The third kappa shape index (κ3) is 5.00. The van der Waals surface area contributed by atoms with Gasteiger partial charge in [-0.2, -0.15) is 0 Å². The van der Waals surface area contributed by atoms with Crippen molar-refractivity contribution in [1.29, 1.82) is 0 Å². The summed E-state index contributed by atoms with van der Waals surface area (Å²) in [5, 5.41) is 3.33. The van der Waals surface area contributed by atoms with E-state index in [9.17, 15) is 4.79 Å². The zero-order valence-corrected chi connectivity index (χ0v) is 12.4. The second kappa shape index (κ2) is 8.10. The van der Waals surface area contributed by atoms with Crippen molar-refractivity contribution in [3.05, 3.63) is 24.2 Å². The van der Waals surface area contributed by atoms with Crippen molar-refractivity contribution in [2.24, 2.45) is 0 Å². The van der Waals surface area contributed by atoms with Crippen LogP contribution in [0.15, 0.2) is 22.8 Å². The molecule has 1 amide bonds. The number of nitrogens with zero attached hydrogens (tertiary/aromatic N) is 1. The van der Waals surface area contributed by atoms with E-state index in [0.717, 1.165) is 44.5 Å². The molecular weight excluding hydrogens is 252 g/mol. The van der Waals surface area contributed by atoms with Crippen LogP contribution in [0.25, 0.3) is 0 Å². The summed E-state index contributed by atoms with van der Waals surface area (Å²) in [5.41, 5.74) is 0. The fraction of sp³-hybridized carbons (Fsp3) is 0.688. The molecule has 1 aromatic heterocycles. The van der Waals surface area contributed by atoms with E-state index in [1.54, 1.807) is 6.26 Å². The van der Waals surface area contributed by atoms with Crippen molar-refractivity contribution in [1.82, 2.24) is 10.2 Å². The molecule has 0 saturated carbocycles. The van der Waals surface area contributed by atoms with Gasteiger partial charge in [0.2, 0.25) is 5.91 Å². The number of aryl methyl sites for hydroxylation is 1. The quantitative estimate of drug-likeness (QED) is 0.870. The maximum absolute atomic E-state index is 12.1. The standard InChI is InChI=1S/C16H26N2O2/c1-14(8-9-15-7-6-12-20-15)17-13-16(19)18-10-4-2-3-5-11-18/h6-7,12,14,17H,2-5,8-11,13H2,1H3. The minimum atomic E-state index is 0.247. The number of nitrogens with one attached hydrogen (secondary N) is 1. The summed E-state index contributed by atoms with van der Waals surface area (Å²) in [6.07, 6.45) is 8.43. The number of likely N-dealkylation sites (tertiary alicyclic amines) is 1. The first kappa shape index (κ1) is 15.1. The van der Waals surface area contributed by atoms with Gasteiger partial charge in [0.15, 0.2) is 0 Å². The Morgan fingerprint density at radius 3 is 2.75 bits per heavy atom. The Morgan fingerprint density at radius 1 is 1.35 bits per heavy atom. The molecule has 1 aliphatic heterocycles. The van der Waals surface area contributed by atoms with Crippen LogP contribution >= 0.6 is 0 Å². The molecule has 0 aliphatic carbocycles. The average molecular weight is 278 g/mol. The van der Waals surface area contributed by atoms with Crippen LogP contribution in [-0.4, -0.2) is 36.5 Å². The number of hydrogen-bond donors (Lipinski definition) is 1. The van der Waals surface area contributed by atoms with Gasteiger partial charge >= 0.3 is 0 Å². The summed E-state index contributed by atoms with van der Waals surface area (Å²) in [6.45, 7) is 4.44. The normalized spacial score (nSPS) is 17.8. The summed E-state index contributed by atoms with van der Waals surface area (Å²) >= 11 is 0. The molecule has 2 heterocycles. The number of hydrogen-bond acceptors (Lipinski definition) is 3. The predicted molar refractivity (Wildman–Crippen MR) is 79.5 cm³/mol. The molecule has 4 nitrogen and oxygen atoms in total. The Kier molecular flexibility index (Phi) is 6.12. The Morgan fingerprint density at radius 2 is 2.10 bits per heavy atom. The van der Waals surface area contributed by atoms with Crippen molar-refractivity contribution < 1.29 is 9.21 Å². The Hall–Kier alpha value is -1.29. The SMILES string of the molecule is CC(CCc1ccco1)NCC(=O)N1CCCCCC1. The van der Waals surface area contributed by atoms with E-state index < -0.39 is 0 Å². The van der Waals surface area contributed by atoms with Gasteiger partial charge in [0.1, 0.15) is 5.76 Å². The van der Waals surface area contributed by atoms with Crippen molar-refractivity contribution in [2.75, 3.05) is 19.6 Å². The van der Waals surface area contributed by atoms with Gasteiger partial charge in [-0.15, -0.1) is 0 Å². The van der Waals surface area contributed by atoms with Crippen molar-refractivity contribution in [2.45, 2.75) is 51.5 Å². The fourth-order valence-electron chi connectivity index (χ4n) is 2.61. The zero-order chi connectivity index (χ0) is 14.2. The summed E-state index contributed by atoms with van der Waals surface area (Å²) < 4.78 is 5.32. The van der Waals surface area contributed by atoms with E-state index in [2.05, 4.69) is 12.2 Å². The first-order valence-electron chi connectivity index (χ1n) is 7.79. The maximum Gasteiger partial charge on any atom is 0.236 e. The van der Waals surface area contributed by atoms with Gasteiger partial charge in [-0.25, -0.2) is 0 Å². The topological polar surface area (TPSA) is 45.5 Å². The van der Waals surface area contributed by atoms with Gasteiger partial charge in [-0.1, -0.05) is 12.8 Å². The van der Waals surface area contributed by atoms with Crippen molar-refractivity contribution in [3.8, 4) is 0 Å². The molecule has 0 aromatic carbocycles. The van der Waals surface area contributed by atoms with Gasteiger partial charge in [0, 0.05) is 25.6 Å². The highest BCUT2D eigenvalue weighted by atomic mass is 16.3. The van der Waals surface area contributed by atoms with E-state index in [-0.39, 0.29) is 5.91 Å². The van der Waals surface area contributed by atoms with Gasteiger partial charge in [-0.05, 0) is 38.3 Å². The van der Waals surface area contributed by atoms with Crippen LogP contribution in [0.3, 0.4) is 0 Å². The Labute approximate surface area is 121 Å². The molecule has 0 radical (unpaired) electrons. The lowest BCUT2D eigenvalue weighted by atomic mass is 10.1. The zero-order valence-electron chi connectivity index (χ0n) is 12.4. The molecule has 1 N–H and O–H groups in total. The third-order valence-corrected chi connectivity index (χ3v) is 3.96. The molecule has 0 bridgehead atoms. The van der Waals surface area contributed by atoms with E-state index in [4.69, 9.17) is 4.42 Å². The van der Waals surface area contributed by atoms with Crippen LogP contribution in [0, 0.1) is 0 Å². The monoisotopic (exact) mass is 278 g/mol. The lowest BCUT2D eigenvalue weighted by Crippen LogP contribution is -2.41. The highest BCUT2D eigenvalue weighted by molar-refractivity contribution is 5.78. The van der Waals surface area contributed by atoms with E-state index in [0.29, 0.717) is 12.6 Å². The molecule has 1 fully saturated rings. The molecule has 1 aliphatic rings. The van der Waals surface area contributed by atoms with Crippen LogP contribution in [0.2, 0.25) is 0 Å². The molecule has 1 atom stereocenters. The van der Waals surface area contributed by atoms with Gasteiger partial charge < -0.3 is 14.6 Å². The van der Waals surface area contributed by atoms with Gasteiger partial charge in [0.05, 0.1) is 12.8 Å². The van der Waals surface area contributed by atoms with E-state index in [1.807, 2.05) is 17.0 Å². The molecule has 1 unspecified atom stereocenters. The lowest BCUT2D eigenvalue weighted by molar-refractivity contribution is -0.130. The number of furan rings is 1. The number of amides is 1. The Balaban J connectivity index is 1.64. The summed E-state index contributed by atoms with van der Waals surface area (Å²) in [4.78, 5) is 14.1. The lowest BCUT2D eigenvalue weighted by Gasteiger charge is -2.22. The highest BCUT2D eigenvalue weighted by Crippen LogP contribution is 2.10. The third-order valence-electron chi connectivity index (χ3n) is 3.96. The average Bonchev–Trinajstić information content (AvgIpc) is 2.83. The minimum Gasteiger partial charge on any atom is -0.469 e. The molecule has 112 valence electrons. The smallest absolute Gasteiger partial charge is 0.236 e. The number of carbonyl (C=O) groups excluding carboxylic acids is 1. The number of rotatable bonds is 6.